The van der Waals surface area contributed by atoms with Crippen molar-refractivity contribution in [2.24, 2.45) is 5.16 Å². The van der Waals surface area contributed by atoms with Crippen molar-refractivity contribution in [3.63, 3.8) is 0 Å². The molecule has 182 valence electrons. The lowest BCUT2D eigenvalue weighted by Crippen LogP contribution is -2.19. The van der Waals surface area contributed by atoms with E-state index in [1.807, 2.05) is 37.3 Å². The summed E-state index contributed by atoms with van der Waals surface area (Å²) in [6, 6.07) is 12.0. The molecule has 0 aliphatic rings. The van der Waals surface area contributed by atoms with Crippen molar-refractivity contribution in [1.82, 2.24) is 4.57 Å². The zero-order chi connectivity index (χ0) is 24.7. The van der Waals surface area contributed by atoms with Crippen LogP contribution in [0.1, 0.15) is 52.0 Å². The lowest BCUT2D eigenvalue weighted by atomic mass is 10.1. The Morgan fingerprint density at radius 3 is 2.44 bits per heavy atom. The Balaban J connectivity index is 1.74. The number of anilines is 1. The van der Waals surface area contributed by atoms with Crippen LogP contribution in [0.5, 0.6) is 0 Å². The van der Waals surface area contributed by atoms with Crippen molar-refractivity contribution in [3.8, 4) is 0 Å². The summed E-state index contributed by atoms with van der Waals surface area (Å²) in [4.78, 5) is 27.8. The van der Waals surface area contributed by atoms with E-state index in [2.05, 4.69) is 15.8 Å². The summed E-state index contributed by atoms with van der Waals surface area (Å²) in [5.74, 6) is -0.641. The molecule has 0 fully saturated rings. The van der Waals surface area contributed by atoms with Crippen LogP contribution in [-0.2, 0) is 30.4 Å². The molecule has 1 aromatic heterocycles. The van der Waals surface area contributed by atoms with E-state index < -0.39 is 5.97 Å². The molecule has 3 aromatic rings. The molecule has 0 saturated heterocycles. The first-order chi connectivity index (χ1) is 16.3. The van der Waals surface area contributed by atoms with Crippen LogP contribution >= 0.6 is 0 Å². The predicted octanol–water partition coefficient (Wildman–Crippen LogP) is 4.80. The maximum atomic E-state index is 11.9. The van der Waals surface area contributed by atoms with E-state index in [0.29, 0.717) is 24.4 Å². The van der Waals surface area contributed by atoms with Gasteiger partial charge in [0.05, 0.1) is 12.3 Å². The first-order valence-corrected chi connectivity index (χ1v) is 11.5. The lowest BCUT2D eigenvalue weighted by molar-refractivity contribution is -0.150. The summed E-state index contributed by atoms with van der Waals surface area (Å²) in [7, 11) is 1.59. The Bertz CT molecular complexity index is 1200. The van der Waals surface area contributed by atoms with Gasteiger partial charge in [0.1, 0.15) is 6.10 Å². The van der Waals surface area contributed by atoms with Crippen LogP contribution in [0, 0.1) is 0 Å². The second kappa shape index (κ2) is 11.7. The van der Waals surface area contributed by atoms with E-state index in [1.165, 1.54) is 6.92 Å². The third kappa shape index (κ3) is 6.35. The number of benzene rings is 2. The van der Waals surface area contributed by atoms with Crippen molar-refractivity contribution in [1.29, 1.82) is 0 Å². The zero-order valence-electron chi connectivity index (χ0n) is 20.3. The van der Waals surface area contributed by atoms with Crippen LogP contribution in [0.2, 0.25) is 0 Å². The molecule has 0 bridgehead atoms. The maximum Gasteiger partial charge on any atom is 0.331 e. The standard InChI is InChI=1S/C26H33N3O5/c1-17(16-32-4)33-26(31)8-6-5-7-13-29-24-11-9-20(18(2)28-34-19(3)30)14-22(24)23-15-21(27)10-12-25(23)29/h9-12,14-15,17H,5-8,13,16,27H2,1-4H3/b28-18+. The highest BCUT2D eigenvalue weighted by molar-refractivity contribution is 6.12. The number of fused-ring (bicyclic) bond motifs is 3. The van der Waals surface area contributed by atoms with E-state index in [-0.39, 0.29) is 12.1 Å². The molecule has 3 rings (SSSR count). The Morgan fingerprint density at radius 1 is 1.03 bits per heavy atom. The fourth-order valence-electron chi connectivity index (χ4n) is 4.04. The van der Waals surface area contributed by atoms with Gasteiger partial charge >= 0.3 is 11.9 Å². The van der Waals surface area contributed by atoms with Crippen LogP contribution in [0.3, 0.4) is 0 Å². The summed E-state index contributed by atoms with van der Waals surface area (Å²) in [5.41, 5.74) is 10.5. The molecular formula is C26H33N3O5. The fraction of sp³-hybridized carbons (Fsp3) is 0.423. The summed E-state index contributed by atoms with van der Waals surface area (Å²) in [6.07, 6.45) is 2.80. The minimum Gasteiger partial charge on any atom is -0.460 e. The molecule has 0 radical (unpaired) electrons. The second-order valence-electron chi connectivity index (χ2n) is 8.49. The molecule has 0 saturated carbocycles. The largest absolute Gasteiger partial charge is 0.460 e. The zero-order valence-corrected chi connectivity index (χ0v) is 20.3. The smallest absolute Gasteiger partial charge is 0.331 e. The Morgan fingerprint density at radius 2 is 1.74 bits per heavy atom. The van der Waals surface area contributed by atoms with Gasteiger partial charge in [0, 0.05) is 54.5 Å². The van der Waals surface area contributed by atoms with Gasteiger partial charge in [-0.25, -0.2) is 4.79 Å². The SMILES string of the molecule is COCC(C)OC(=O)CCCCCn1c2ccc(N)cc2c2cc(/C(C)=N/OC(C)=O)ccc21. The number of hydrogen-bond donors (Lipinski definition) is 1. The van der Waals surface area contributed by atoms with Crippen LogP contribution in [0.25, 0.3) is 21.8 Å². The number of methoxy groups -OCH3 is 1. The highest BCUT2D eigenvalue weighted by Crippen LogP contribution is 2.32. The minimum atomic E-state index is -0.456. The summed E-state index contributed by atoms with van der Waals surface area (Å²) >= 11 is 0. The highest BCUT2D eigenvalue weighted by Gasteiger charge is 2.13. The van der Waals surface area contributed by atoms with E-state index in [4.69, 9.17) is 20.0 Å². The molecule has 2 aromatic carbocycles. The third-order valence-corrected chi connectivity index (χ3v) is 5.61. The quantitative estimate of drug-likeness (QED) is 0.108. The number of oxime groups is 1. The predicted molar refractivity (Wildman–Crippen MR) is 134 cm³/mol. The number of hydrogen-bond acceptors (Lipinski definition) is 7. The second-order valence-corrected chi connectivity index (χ2v) is 8.49. The molecule has 0 aliphatic carbocycles. The number of carbonyl (C=O) groups is 2. The number of esters is 1. The third-order valence-electron chi connectivity index (χ3n) is 5.61. The molecule has 1 atom stereocenters. The van der Waals surface area contributed by atoms with Gasteiger partial charge in [0.2, 0.25) is 0 Å². The van der Waals surface area contributed by atoms with Crippen LogP contribution in [0.15, 0.2) is 41.6 Å². The van der Waals surface area contributed by atoms with Gasteiger partial charge in [-0.1, -0.05) is 17.6 Å². The molecule has 2 N–H and O–H groups in total. The summed E-state index contributed by atoms with van der Waals surface area (Å²) in [5, 5.41) is 6.03. The van der Waals surface area contributed by atoms with Crippen molar-refractivity contribution in [3.05, 3.63) is 42.0 Å². The highest BCUT2D eigenvalue weighted by atomic mass is 16.7. The monoisotopic (exact) mass is 467 g/mol. The average Bonchev–Trinajstić information content (AvgIpc) is 3.09. The molecule has 1 unspecified atom stereocenters. The fourth-order valence-corrected chi connectivity index (χ4v) is 4.04. The van der Waals surface area contributed by atoms with E-state index in [0.717, 1.165) is 53.2 Å². The molecule has 8 nitrogen and oxygen atoms in total. The Kier molecular flexibility index (Phi) is 8.65. The number of rotatable bonds is 11. The number of nitrogens with zero attached hydrogens (tertiary/aromatic N) is 2. The van der Waals surface area contributed by atoms with Gasteiger partial charge < -0.3 is 24.6 Å². The van der Waals surface area contributed by atoms with Crippen LogP contribution in [0.4, 0.5) is 5.69 Å². The van der Waals surface area contributed by atoms with Gasteiger partial charge in [-0.05, 0) is 62.6 Å². The van der Waals surface area contributed by atoms with Crippen molar-refractivity contribution in [2.75, 3.05) is 19.5 Å². The van der Waals surface area contributed by atoms with Crippen molar-refractivity contribution in [2.45, 2.75) is 59.1 Å². The Labute approximate surface area is 199 Å². The molecule has 1 heterocycles. The summed E-state index contributed by atoms with van der Waals surface area (Å²) in [6.45, 7) is 6.17. The van der Waals surface area contributed by atoms with Gasteiger partial charge in [-0.3, -0.25) is 4.79 Å². The van der Waals surface area contributed by atoms with E-state index in [9.17, 15) is 9.59 Å². The molecule has 0 aliphatic heterocycles. The average molecular weight is 468 g/mol. The summed E-state index contributed by atoms with van der Waals surface area (Å²) < 4.78 is 12.6. The molecule has 0 spiro atoms. The molecular weight excluding hydrogens is 434 g/mol. The molecule has 34 heavy (non-hydrogen) atoms. The van der Waals surface area contributed by atoms with Gasteiger partial charge in [0.25, 0.3) is 0 Å². The molecule has 8 heteroatoms. The first kappa shape index (κ1) is 25.2. The minimum absolute atomic E-state index is 0.185. The topological polar surface area (TPSA) is 105 Å². The lowest BCUT2D eigenvalue weighted by Gasteiger charge is -2.12. The van der Waals surface area contributed by atoms with Crippen molar-refractivity contribution >= 4 is 45.1 Å². The normalized spacial score (nSPS) is 12.8. The number of unbranched alkanes of at least 4 members (excludes halogenated alkanes) is 2. The van der Waals surface area contributed by atoms with Gasteiger partial charge in [0.15, 0.2) is 0 Å². The van der Waals surface area contributed by atoms with E-state index in [1.54, 1.807) is 14.0 Å². The number of nitrogen functional groups attached to an aromatic ring is 1. The number of carbonyl (C=O) groups excluding carboxylic acids is 2. The van der Waals surface area contributed by atoms with Crippen LogP contribution < -0.4 is 5.73 Å². The van der Waals surface area contributed by atoms with Gasteiger partial charge in [-0.15, -0.1) is 0 Å². The molecule has 0 amide bonds. The first-order valence-electron chi connectivity index (χ1n) is 11.5. The number of aryl methyl sites for hydroxylation is 1. The number of nitrogens with two attached hydrogens (primary N) is 1. The van der Waals surface area contributed by atoms with Gasteiger partial charge in [-0.2, -0.15) is 0 Å². The van der Waals surface area contributed by atoms with Crippen molar-refractivity contribution < 1.29 is 23.9 Å². The number of ether oxygens (including phenoxy) is 2. The Hall–Kier alpha value is -3.39. The van der Waals surface area contributed by atoms with E-state index >= 15 is 0 Å². The maximum absolute atomic E-state index is 11.9. The van der Waals surface area contributed by atoms with Crippen LogP contribution in [-0.4, -0.2) is 42.0 Å². The number of aromatic nitrogens is 1.